The number of carbonyl (C=O) groups excluding carboxylic acids is 1. The summed E-state index contributed by atoms with van der Waals surface area (Å²) in [6, 6.07) is 12.8. The lowest BCUT2D eigenvalue weighted by atomic mass is 10.1. The lowest BCUT2D eigenvalue weighted by Crippen LogP contribution is -2.42. The number of likely N-dealkylation sites (N-methyl/N-ethyl adjacent to an activating group) is 1. The van der Waals surface area contributed by atoms with E-state index in [9.17, 15) is 4.79 Å². The van der Waals surface area contributed by atoms with E-state index < -0.39 is 0 Å². The second kappa shape index (κ2) is 7.18. The van der Waals surface area contributed by atoms with Crippen molar-refractivity contribution in [1.82, 2.24) is 15.0 Å². The quantitative estimate of drug-likeness (QED) is 0.845. The fourth-order valence-corrected chi connectivity index (χ4v) is 3.50. The second-order valence-corrected chi connectivity index (χ2v) is 6.44. The molecule has 0 saturated carbocycles. The van der Waals surface area contributed by atoms with Crippen LogP contribution in [0.2, 0.25) is 0 Å². The first-order valence-corrected chi connectivity index (χ1v) is 8.63. The topological polar surface area (TPSA) is 49.6 Å². The van der Waals surface area contributed by atoms with Gasteiger partial charge in [0.05, 0.1) is 0 Å². The van der Waals surface area contributed by atoms with Gasteiger partial charge in [-0.15, -0.1) is 0 Å². The Labute approximate surface area is 143 Å². The van der Waals surface area contributed by atoms with Crippen LogP contribution in [0.25, 0.3) is 0 Å². The molecule has 1 aliphatic rings. The Morgan fingerprint density at radius 1 is 1.42 bits per heavy atom. The Balaban J connectivity index is 1.68. The normalized spacial score (nSPS) is 19.4. The van der Waals surface area contributed by atoms with E-state index in [0.29, 0.717) is 24.0 Å². The van der Waals surface area contributed by atoms with Gasteiger partial charge in [0.1, 0.15) is 5.76 Å². The van der Waals surface area contributed by atoms with Crippen molar-refractivity contribution in [2.45, 2.75) is 39.3 Å². The van der Waals surface area contributed by atoms with Gasteiger partial charge in [-0.1, -0.05) is 35.5 Å². The van der Waals surface area contributed by atoms with Gasteiger partial charge in [0.2, 0.25) is 0 Å². The summed E-state index contributed by atoms with van der Waals surface area (Å²) < 4.78 is 5.05. The van der Waals surface area contributed by atoms with Crippen LogP contribution >= 0.6 is 0 Å². The minimum Gasteiger partial charge on any atom is -0.361 e. The van der Waals surface area contributed by atoms with Crippen molar-refractivity contribution in [1.29, 1.82) is 0 Å². The fraction of sp³-hybridized carbons (Fsp3) is 0.474. The number of likely N-dealkylation sites (tertiary alicyclic amines) is 1. The maximum Gasteiger partial charge on any atom is 0.276 e. The highest BCUT2D eigenvalue weighted by atomic mass is 16.5. The van der Waals surface area contributed by atoms with E-state index >= 15 is 0 Å². The molecule has 2 aromatic rings. The summed E-state index contributed by atoms with van der Waals surface area (Å²) in [6.45, 7) is 8.64. The van der Waals surface area contributed by atoms with E-state index in [0.717, 1.165) is 19.5 Å². The molecule has 0 spiro atoms. The minimum atomic E-state index is -0.0337. The molecule has 1 aromatic heterocycles. The average molecular weight is 327 g/mol. The Kier molecular flexibility index (Phi) is 5.00. The SMILES string of the molecule is CCN(C(=O)c1cc(C)on1)C1CCN(C(C)c2ccccc2)C1. The summed E-state index contributed by atoms with van der Waals surface area (Å²) in [7, 11) is 0. The summed E-state index contributed by atoms with van der Waals surface area (Å²) in [5.41, 5.74) is 1.73. The van der Waals surface area contributed by atoms with Crippen molar-refractivity contribution in [3.05, 3.63) is 53.4 Å². The van der Waals surface area contributed by atoms with Gasteiger partial charge in [-0.2, -0.15) is 0 Å². The zero-order valence-corrected chi connectivity index (χ0v) is 14.6. The van der Waals surface area contributed by atoms with E-state index in [1.807, 2.05) is 17.9 Å². The van der Waals surface area contributed by atoms with Crippen LogP contribution in [0.5, 0.6) is 0 Å². The zero-order chi connectivity index (χ0) is 17.1. The largest absolute Gasteiger partial charge is 0.361 e. The molecule has 1 fully saturated rings. The highest BCUT2D eigenvalue weighted by Crippen LogP contribution is 2.27. The van der Waals surface area contributed by atoms with E-state index in [4.69, 9.17) is 4.52 Å². The Bertz CT molecular complexity index is 683. The second-order valence-electron chi connectivity index (χ2n) is 6.44. The lowest BCUT2D eigenvalue weighted by Gasteiger charge is -2.29. The molecule has 128 valence electrons. The molecule has 1 saturated heterocycles. The molecule has 3 rings (SSSR count). The molecule has 5 nitrogen and oxygen atoms in total. The van der Waals surface area contributed by atoms with Crippen LogP contribution in [0.1, 0.15) is 48.1 Å². The van der Waals surface area contributed by atoms with Crippen LogP contribution in [-0.4, -0.2) is 46.5 Å². The summed E-state index contributed by atoms with van der Waals surface area (Å²) in [4.78, 5) is 17.1. The number of aromatic nitrogens is 1. The number of amides is 1. The van der Waals surface area contributed by atoms with Gasteiger partial charge < -0.3 is 9.42 Å². The van der Waals surface area contributed by atoms with E-state index in [1.54, 1.807) is 13.0 Å². The predicted molar refractivity (Wildman–Crippen MR) is 92.8 cm³/mol. The molecule has 1 aromatic carbocycles. The number of carbonyl (C=O) groups is 1. The summed E-state index contributed by atoms with van der Waals surface area (Å²) >= 11 is 0. The van der Waals surface area contributed by atoms with Crippen molar-refractivity contribution >= 4 is 5.91 Å². The zero-order valence-electron chi connectivity index (χ0n) is 14.6. The van der Waals surface area contributed by atoms with Gasteiger partial charge in [0.25, 0.3) is 5.91 Å². The third-order valence-electron chi connectivity index (χ3n) is 4.91. The van der Waals surface area contributed by atoms with Crippen LogP contribution in [0, 0.1) is 6.92 Å². The van der Waals surface area contributed by atoms with E-state index in [2.05, 4.69) is 41.2 Å². The van der Waals surface area contributed by atoms with Crippen LogP contribution in [0.15, 0.2) is 40.9 Å². The van der Waals surface area contributed by atoms with Crippen LogP contribution < -0.4 is 0 Å². The van der Waals surface area contributed by atoms with Gasteiger partial charge >= 0.3 is 0 Å². The van der Waals surface area contributed by atoms with E-state index in [-0.39, 0.29) is 11.9 Å². The number of hydrogen-bond donors (Lipinski definition) is 0. The van der Waals surface area contributed by atoms with Crippen LogP contribution in [0.4, 0.5) is 0 Å². The predicted octanol–water partition coefficient (Wildman–Crippen LogP) is 3.28. The van der Waals surface area contributed by atoms with Crippen molar-refractivity contribution < 1.29 is 9.32 Å². The van der Waals surface area contributed by atoms with Gasteiger partial charge in [0.15, 0.2) is 5.69 Å². The Morgan fingerprint density at radius 3 is 2.79 bits per heavy atom. The molecule has 2 unspecified atom stereocenters. The number of hydrogen-bond acceptors (Lipinski definition) is 4. The molecule has 1 aliphatic heterocycles. The van der Waals surface area contributed by atoms with Crippen molar-refractivity contribution in [3.63, 3.8) is 0 Å². The molecular formula is C19H25N3O2. The third kappa shape index (κ3) is 3.36. The molecule has 2 heterocycles. The minimum absolute atomic E-state index is 0.0337. The molecule has 0 radical (unpaired) electrons. The van der Waals surface area contributed by atoms with Gasteiger partial charge in [-0.05, 0) is 32.8 Å². The molecule has 0 N–H and O–H groups in total. The van der Waals surface area contributed by atoms with Gasteiger partial charge in [-0.3, -0.25) is 9.69 Å². The number of aryl methyl sites for hydroxylation is 1. The standard InChI is InChI=1S/C19H25N3O2/c1-4-22(19(23)18-12-14(2)24-20-18)17-10-11-21(13-17)15(3)16-8-6-5-7-9-16/h5-9,12,15,17H,4,10-11,13H2,1-3H3. The van der Waals surface area contributed by atoms with Crippen LogP contribution in [0.3, 0.4) is 0 Å². The van der Waals surface area contributed by atoms with Crippen molar-refractivity contribution in [2.24, 2.45) is 0 Å². The molecule has 5 heteroatoms. The number of rotatable bonds is 5. The smallest absolute Gasteiger partial charge is 0.276 e. The summed E-state index contributed by atoms with van der Waals surface area (Å²) in [5, 5.41) is 3.88. The molecule has 1 amide bonds. The molecule has 2 atom stereocenters. The van der Waals surface area contributed by atoms with Crippen LogP contribution in [-0.2, 0) is 0 Å². The average Bonchev–Trinajstić information content (AvgIpc) is 3.25. The van der Waals surface area contributed by atoms with Crippen molar-refractivity contribution in [3.8, 4) is 0 Å². The third-order valence-corrected chi connectivity index (χ3v) is 4.91. The molecule has 24 heavy (non-hydrogen) atoms. The lowest BCUT2D eigenvalue weighted by molar-refractivity contribution is 0.0678. The summed E-state index contributed by atoms with van der Waals surface area (Å²) in [5.74, 6) is 0.633. The monoisotopic (exact) mass is 327 g/mol. The molecular weight excluding hydrogens is 302 g/mol. The molecule has 0 bridgehead atoms. The molecule has 0 aliphatic carbocycles. The first-order valence-electron chi connectivity index (χ1n) is 8.63. The highest BCUT2D eigenvalue weighted by molar-refractivity contribution is 5.92. The Hall–Kier alpha value is -2.14. The highest BCUT2D eigenvalue weighted by Gasteiger charge is 2.33. The Morgan fingerprint density at radius 2 is 2.17 bits per heavy atom. The first-order chi connectivity index (χ1) is 11.6. The van der Waals surface area contributed by atoms with Gasteiger partial charge in [-0.25, -0.2) is 0 Å². The van der Waals surface area contributed by atoms with E-state index in [1.165, 1.54) is 5.56 Å². The fourth-order valence-electron chi connectivity index (χ4n) is 3.50. The maximum atomic E-state index is 12.7. The maximum absolute atomic E-state index is 12.7. The van der Waals surface area contributed by atoms with Crippen molar-refractivity contribution in [2.75, 3.05) is 19.6 Å². The first kappa shape index (κ1) is 16.7. The van der Waals surface area contributed by atoms with Gasteiger partial charge in [0, 0.05) is 37.8 Å². The number of benzene rings is 1. The summed E-state index contributed by atoms with van der Waals surface area (Å²) in [6.07, 6.45) is 0.994. The number of nitrogens with zero attached hydrogens (tertiary/aromatic N) is 3.